The van der Waals surface area contributed by atoms with Crippen molar-refractivity contribution in [3.63, 3.8) is 0 Å². The van der Waals surface area contributed by atoms with E-state index in [0.717, 1.165) is 12.1 Å². The summed E-state index contributed by atoms with van der Waals surface area (Å²) in [5.74, 6) is -4.41. The second-order valence-corrected chi connectivity index (χ2v) is 4.49. The van der Waals surface area contributed by atoms with Crippen molar-refractivity contribution in [2.45, 2.75) is 12.5 Å². The van der Waals surface area contributed by atoms with E-state index in [4.69, 9.17) is 5.26 Å². The molecule has 20 heavy (non-hydrogen) atoms. The van der Waals surface area contributed by atoms with E-state index >= 15 is 0 Å². The van der Waals surface area contributed by atoms with Crippen molar-refractivity contribution in [3.8, 4) is 6.07 Å². The zero-order valence-corrected chi connectivity index (χ0v) is 10.5. The number of rotatable bonds is 2. The van der Waals surface area contributed by atoms with Gasteiger partial charge in [0.2, 0.25) is 0 Å². The lowest BCUT2D eigenvalue weighted by Crippen LogP contribution is -2.25. The summed E-state index contributed by atoms with van der Waals surface area (Å²) in [7, 11) is 0. The third-order valence-electron chi connectivity index (χ3n) is 3.11. The fourth-order valence-corrected chi connectivity index (χ4v) is 1.95. The number of benzene rings is 2. The van der Waals surface area contributed by atoms with Gasteiger partial charge in [0.1, 0.15) is 5.60 Å². The number of hydrogen-bond donors (Lipinski definition) is 1. The van der Waals surface area contributed by atoms with E-state index in [1.165, 1.54) is 31.2 Å². The van der Waals surface area contributed by atoms with Crippen LogP contribution in [0.5, 0.6) is 0 Å². The van der Waals surface area contributed by atoms with E-state index in [0.29, 0.717) is 0 Å². The maximum absolute atomic E-state index is 13.8. The summed E-state index contributed by atoms with van der Waals surface area (Å²) in [6.07, 6.45) is 0. The quantitative estimate of drug-likeness (QED) is 0.856. The molecule has 2 nitrogen and oxygen atoms in total. The summed E-state index contributed by atoms with van der Waals surface area (Å²) in [5.41, 5.74) is -1.80. The van der Waals surface area contributed by atoms with E-state index in [9.17, 15) is 18.3 Å². The minimum Gasteiger partial charge on any atom is -0.381 e. The van der Waals surface area contributed by atoms with Gasteiger partial charge in [0.25, 0.3) is 0 Å². The Balaban J connectivity index is 2.60. The third kappa shape index (κ3) is 2.26. The van der Waals surface area contributed by atoms with Crippen molar-refractivity contribution >= 4 is 0 Å². The second kappa shape index (κ2) is 4.99. The zero-order chi connectivity index (χ0) is 14.9. The first-order valence-corrected chi connectivity index (χ1v) is 5.75. The largest absolute Gasteiger partial charge is 0.381 e. The molecule has 2 rings (SSSR count). The second-order valence-electron chi connectivity index (χ2n) is 4.49. The van der Waals surface area contributed by atoms with Crippen molar-refractivity contribution in [3.05, 3.63) is 70.5 Å². The van der Waals surface area contributed by atoms with Crippen LogP contribution in [0.4, 0.5) is 13.2 Å². The number of nitriles is 1. The van der Waals surface area contributed by atoms with Crippen LogP contribution in [0, 0.1) is 28.8 Å². The van der Waals surface area contributed by atoms with Crippen molar-refractivity contribution in [1.82, 2.24) is 0 Å². The highest BCUT2D eigenvalue weighted by atomic mass is 19.2. The van der Waals surface area contributed by atoms with Crippen LogP contribution in [0.1, 0.15) is 23.6 Å². The molecule has 0 saturated heterocycles. The molecule has 0 saturated carbocycles. The predicted octanol–water partition coefficient (Wildman–Crippen LogP) is 3.23. The van der Waals surface area contributed by atoms with E-state index < -0.39 is 28.6 Å². The lowest BCUT2D eigenvalue weighted by molar-refractivity contribution is 0.0967. The molecule has 0 amide bonds. The van der Waals surface area contributed by atoms with Crippen molar-refractivity contribution in [1.29, 1.82) is 5.26 Å². The maximum atomic E-state index is 13.8. The van der Waals surface area contributed by atoms with Gasteiger partial charge in [-0.3, -0.25) is 0 Å². The molecule has 0 radical (unpaired) electrons. The first kappa shape index (κ1) is 14.1. The van der Waals surface area contributed by atoms with Crippen LogP contribution in [-0.4, -0.2) is 5.11 Å². The molecule has 2 aromatic carbocycles. The van der Waals surface area contributed by atoms with Crippen LogP contribution >= 0.6 is 0 Å². The highest BCUT2D eigenvalue weighted by molar-refractivity contribution is 5.41. The first-order chi connectivity index (χ1) is 9.37. The number of aliphatic hydroxyl groups is 1. The Labute approximate surface area is 113 Å². The average molecular weight is 277 g/mol. The molecule has 1 N–H and O–H groups in total. The minimum absolute atomic E-state index is 0.210. The summed E-state index contributed by atoms with van der Waals surface area (Å²) in [6, 6.07) is 9.48. The van der Waals surface area contributed by atoms with Crippen molar-refractivity contribution < 1.29 is 18.3 Å². The molecule has 0 aromatic heterocycles. The van der Waals surface area contributed by atoms with Crippen LogP contribution < -0.4 is 0 Å². The summed E-state index contributed by atoms with van der Waals surface area (Å²) >= 11 is 0. The van der Waals surface area contributed by atoms with Gasteiger partial charge in [0.05, 0.1) is 11.6 Å². The van der Waals surface area contributed by atoms with Crippen LogP contribution in [0.15, 0.2) is 36.4 Å². The Kier molecular flexibility index (Phi) is 3.51. The third-order valence-corrected chi connectivity index (χ3v) is 3.11. The highest BCUT2D eigenvalue weighted by Crippen LogP contribution is 2.32. The summed E-state index contributed by atoms with van der Waals surface area (Å²) < 4.78 is 40.0. The standard InChI is InChI=1S/C15H10F3NO/c1-15(20,10-4-2-3-9(7-10)8-19)11-5-6-12(16)14(18)13(11)17/h2-7,20H,1H3. The van der Waals surface area contributed by atoms with Gasteiger partial charge in [-0.1, -0.05) is 12.1 Å². The number of halogens is 3. The van der Waals surface area contributed by atoms with Gasteiger partial charge in [-0.2, -0.15) is 5.26 Å². The molecular formula is C15H10F3NO. The van der Waals surface area contributed by atoms with Gasteiger partial charge in [-0.25, -0.2) is 13.2 Å². The van der Waals surface area contributed by atoms with Gasteiger partial charge in [0, 0.05) is 5.56 Å². The van der Waals surface area contributed by atoms with E-state index in [-0.39, 0.29) is 11.1 Å². The lowest BCUT2D eigenvalue weighted by atomic mass is 9.87. The highest BCUT2D eigenvalue weighted by Gasteiger charge is 2.31. The van der Waals surface area contributed by atoms with Gasteiger partial charge in [0.15, 0.2) is 17.5 Å². The summed E-state index contributed by atoms with van der Waals surface area (Å²) in [5, 5.41) is 19.3. The maximum Gasteiger partial charge on any atom is 0.194 e. The number of nitrogens with zero attached hydrogens (tertiary/aromatic N) is 1. The average Bonchev–Trinajstić information content (AvgIpc) is 2.44. The Morgan fingerprint density at radius 3 is 2.45 bits per heavy atom. The van der Waals surface area contributed by atoms with Gasteiger partial charge in [-0.15, -0.1) is 0 Å². The molecule has 0 aliphatic carbocycles. The molecule has 0 fully saturated rings. The number of hydrogen-bond acceptors (Lipinski definition) is 2. The molecule has 102 valence electrons. The predicted molar refractivity (Wildman–Crippen MR) is 66.1 cm³/mol. The molecule has 5 heteroatoms. The molecule has 0 aliphatic heterocycles. The van der Waals surface area contributed by atoms with Crippen LogP contribution in [0.3, 0.4) is 0 Å². The zero-order valence-electron chi connectivity index (χ0n) is 10.5. The smallest absolute Gasteiger partial charge is 0.194 e. The first-order valence-electron chi connectivity index (χ1n) is 5.75. The fourth-order valence-electron chi connectivity index (χ4n) is 1.95. The minimum atomic E-state index is -1.88. The Morgan fingerprint density at radius 1 is 1.10 bits per heavy atom. The van der Waals surface area contributed by atoms with Crippen molar-refractivity contribution in [2.24, 2.45) is 0 Å². The molecular weight excluding hydrogens is 267 g/mol. The molecule has 0 heterocycles. The molecule has 1 atom stereocenters. The topological polar surface area (TPSA) is 44.0 Å². The normalized spacial score (nSPS) is 13.6. The molecule has 2 aromatic rings. The van der Waals surface area contributed by atoms with Crippen LogP contribution in [0.2, 0.25) is 0 Å². The van der Waals surface area contributed by atoms with Crippen molar-refractivity contribution in [2.75, 3.05) is 0 Å². The van der Waals surface area contributed by atoms with Gasteiger partial charge in [-0.05, 0) is 36.8 Å². The van der Waals surface area contributed by atoms with E-state index in [1.54, 1.807) is 0 Å². The molecule has 0 bridgehead atoms. The summed E-state index contributed by atoms with van der Waals surface area (Å²) in [6.45, 7) is 1.25. The monoisotopic (exact) mass is 277 g/mol. The molecule has 0 aliphatic rings. The molecule has 1 unspecified atom stereocenters. The Morgan fingerprint density at radius 2 is 1.80 bits per heavy atom. The Bertz CT molecular complexity index is 705. The Hall–Kier alpha value is -2.32. The van der Waals surface area contributed by atoms with Gasteiger partial charge >= 0.3 is 0 Å². The van der Waals surface area contributed by atoms with Gasteiger partial charge < -0.3 is 5.11 Å². The van der Waals surface area contributed by atoms with Crippen LogP contribution in [0.25, 0.3) is 0 Å². The van der Waals surface area contributed by atoms with Crippen LogP contribution in [-0.2, 0) is 5.60 Å². The van der Waals surface area contributed by atoms with E-state index in [2.05, 4.69) is 0 Å². The molecule has 0 spiro atoms. The SMILES string of the molecule is CC(O)(c1cccc(C#N)c1)c1ccc(F)c(F)c1F. The fraction of sp³-hybridized carbons (Fsp3) is 0.133. The lowest BCUT2D eigenvalue weighted by Gasteiger charge is -2.25. The van der Waals surface area contributed by atoms with E-state index in [1.807, 2.05) is 6.07 Å². The summed E-state index contributed by atoms with van der Waals surface area (Å²) in [4.78, 5) is 0.